The van der Waals surface area contributed by atoms with Crippen LogP contribution in [0.4, 0.5) is 5.69 Å². The van der Waals surface area contributed by atoms with E-state index in [0.29, 0.717) is 18.8 Å². The van der Waals surface area contributed by atoms with Crippen molar-refractivity contribution in [2.24, 2.45) is 0 Å². The molecule has 0 unspecified atom stereocenters. The number of ether oxygens (including phenoxy) is 1. The van der Waals surface area contributed by atoms with Gasteiger partial charge in [0.25, 0.3) is 5.91 Å². The molecule has 0 radical (unpaired) electrons. The molecule has 1 fully saturated rings. The van der Waals surface area contributed by atoms with Gasteiger partial charge in [-0.25, -0.2) is 9.67 Å². The highest BCUT2D eigenvalue weighted by atomic mass is 16.5. The van der Waals surface area contributed by atoms with Crippen LogP contribution in [-0.4, -0.2) is 33.4 Å². The number of amides is 1. The first-order valence-electron chi connectivity index (χ1n) is 8.50. The first kappa shape index (κ1) is 15.8. The second-order valence-electron chi connectivity index (χ2n) is 6.31. The lowest BCUT2D eigenvalue weighted by molar-refractivity contribution is -0.124. The van der Waals surface area contributed by atoms with Crippen molar-refractivity contribution in [1.82, 2.24) is 14.8 Å². The normalized spacial score (nSPS) is 17.1. The molecule has 6 nitrogen and oxygen atoms in total. The molecule has 128 valence electrons. The van der Waals surface area contributed by atoms with Crippen molar-refractivity contribution in [1.29, 1.82) is 0 Å². The number of carbonyl (C=O) groups excluding carboxylic acids is 1. The van der Waals surface area contributed by atoms with E-state index >= 15 is 0 Å². The molecule has 3 aromatic rings. The Labute approximate surface area is 145 Å². The molecule has 1 amide bonds. The lowest BCUT2D eigenvalue weighted by Crippen LogP contribution is -2.26. The van der Waals surface area contributed by atoms with Crippen LogP contribution in [0.1, 0.15) is 24.1 Å². The minimum absolute atomic E-state index is 0.104. The van der Waals surface area contributed by atoms with E-state index in [4.69, 9.17) is 4.74 Å². The van der Waals surface area contributed by atoms with Gasteiger partial charge in [-0.15, -0.1) is 0 Å². The fraction of sp³-hybridized carbons (Fsp3) is 0.316. The highest BCUT2D eigenvalue weighted by molar-refractivity contribution is 5.96. The van der Waals surface area contributed by atoms with Crippen LogP contribution < -0.4 is 5.32 Å². The highest BCUT2D eigenvalue weighted by Crippen LogP contribution is 2.22. The van der Waals surface area contributed by atoms with Gasteiger partial charge in [-0.3, -0.25) is 4.79 Å². The summed E-state index contributed by atoms with van der Waals surface area (Å²) in [5.41, 5.74) is 3.56. The second kappa shape index (κ2) is 6.64. The van der Waals surface area contributed by atoms with Crippen molar-refractivity contribution < 1.29 is 9.53 Å². The molecule has 1 aliphatic rings. The molecule has 3 heterocycles. The van der Waals surface area contributed by atoms with Crippen LogP contribution in [0.15, 0.2) is 42.6 Å². The van der Waals surface area contributed by atoms with Gasteiger partial charge in [0.15, 0.2) is 5.65 Å². The molecule has 2 aromatic heterocycles. The number of benzene rings is 1. The number of aromatic nitrogens is 3. The van der Waals surface area contributed by atoms with Crippen molar-refractivity contribution in [3.63, 3.8) is 0 Å². The van der Waals surface area contributed by atoms with E-state index in [1.807, 2.05) is 35.9 Å². The molecule has 0 saturated carbocycles. The average molecular weight is 336 g/mol. The van der Waals surface area contributed by atoms with Crippen LogP contribution >= 0.6 is 0 Å². The Morgan fingerprint density at radius 3 is 2.96 bits per heavy atom. The van der Waals surface area contributed by atoms with Gasteiger partial charge in [0, 0.05) is 12.0 Å². The summed E-state index contributed by atoms with van der Waals surface area (Å²) >= 11 is 0. The number of nitrogens with zero attached hydrogens (tertiary/aromatic N) is 3. The zero-order chi connectivity index (χ0) is 17.2. The number of hydrogen-bond acceptors (Lipinski definition) is 4. The molecule has 1 aliphatic heterocycles. The summed E-state index contributed by atoms with van der Waals surface area (Å²) in [6, 6.07) is 12.1. The Balaban J connectivity index is 1.58. The van der Waals surface area contributed by atoms with Gasteiger partial charge >= 0.3 is 0 Å². The quantitative estimate of drug-likeness (QED) is 0.795. The fourth-order valence-corrected chi connectivity index (χ4v) is 3.15. The second-order valence-corrected chi connectivity index (χ2v) is 6.31. The minimum atomic E-state index is -0.349. The van der Waals surface area contributed by atoms with Crippen LogP contribution in [0.25, 0.3) is 11.0 Å². The number of carbonyl (C=O) groups is 1. The SMILES string of the molecule is Cc1nn(Cc2ccccc2)c2ncc(NC(=O)[C@H]3CCCO3)cc12. The molecule has 1 aromatic carbocycles. The van der Waals surface area contributed by atoms with E-state index in [-0.39, 0.29) is 12.0 Å². The molecule has 0 bridgehead atoms. The Morgan fingerprint density at radius 2 is 2.20 bits per heavy atom. The smallest absolute Gasteiger partial charge is 0.253 e. The van der Waals surface area contributed by atoms with Crippen molar-refractivity contribution in [2.75, 3.05) is 11.9 Å². The third-order valence-electron chi connectivity index (χ3n) is 4.44. The summed E-state index contributed by atoms with van der Waals surface area (Å²) in [5, 5.41) is 8.44. The summed E-state index contributed by atoms with van der Waals surface area (Å²) in [5.74, 6) is -0.104. The van der Waals surface area contributed by atoms with Gasteiger partial charge in [0.1, 0.15) is 6.10 Å². The molecular weight excluding hydrogens is 316 g/mol. The maximum absolute atomic E-state index is 12.2. The number of aryl methyl sites for hydroxylation is 1. The fourth-order valence-electron chi connectivity index (χ4n) is 3.15. The number of anilines is 1. The maximum Gasteiger partial charge on any atom is 0.253 e. The Bertz CT molecular complexity index is 898. The maximum atomic E-state index is 12.2. The molecule has 4 rings (SSSR count). The van der Waals surface area contributed by atoms with E-state index < -0.39 is 0 Å². The first-order chi connectivity index (χ1) is 12.2. The zero-order valence-electron chi connectivity index (χ0n) is 14.1. The van der Waals surface area contributed by atoms with Crippen molar-refractivity contribution >= 4 is 22.6 Å². The molecule has 1 N–H and O–H groups in total. The number of hydrogen-bond donors (Lipinski definition) is 1. The lowest BCUT2D eigenvalue weighted by Gasteiger charge is -2.10. The molecule has 25 heavy (non-hydrogen) atoms. The van der Waals surface area contributed by atoms with E-state index in [9.17, 15) is 4.79 Å². The van der Waals surface area contributed by atoms with Crippen LogP contribution in [0.5, 0.6) is 0 Å². The summed E-state index contributed by atoms with van der Waals surface area (Å²) in [7, 11) is 0. The predicted octanol–water partition coefficient (Wildman–Crippen LogP) is 2.91. The Kier molecular flexibility index (Phi) is 4.19. The standard InChI is InChI=1S/C19H20N4O2/c1-13-16-10-15(21-19(24)17-8-5-9-25-17)11-20-18(16)23(22-13)12-14-6-3-2-4-7-14/h2-4,6-7,10-11,17H,5,8-9,12H2,1H3,(H,21,24)/t17-/m1/s1. The van der Waals surface area contributed by atoms with Crippen LogP contribution in [0, 0.1) is 6.92 Å². The van der Waals surface area contributed by atoms with Crippen molar-refractivity contribution in [3.05, 3.63) is 53.9 Å². The van der Waals surface area contributed by atoms with E-state index in [2.05, 4.69) is 27.5 Å². The lowest BCUT2D eigenvalue weighted by atomic mass is 10.2. The highest BCUT2D eigenvalue weighted by Gasteiger charge is 2.23. The number of rotatable bonds is 4. The monoisotopic (exact) mass is 336 g/mol. The number of fused-ring (bicyclic) bond motifs is 1. The largest absolute Gasteiger partial charge is 0.368 e. The number of pyridine rings is 1. The van der Waals surface area contributed by atoms with Gasteiger partial charge in [0.2, 0.25) is 0 Å². The van der Waals surface area contributed by atoms with Gasteiger partial charge in [-0.05, 0) is 31.4 Å². The topological polar surface area (TPSA) is 69.0 Å². The van der Waals surface area contributed by atoms with Crippen LogP contribution in [-0.2, 0) is 16.1 Å². The summed E-state index contributed by atoms with van der Waals surface area (Å²) in [6.07, 6.45) is 3.03. The third-order valence-corrected chi connectivity index (χ3v) is 4.44. The Hall–Kier alpha value is -2.73. The molecule has 6 heteroatoms. The van der Waals surface area contributed by atoms with Crippen molar-refractivity contribution in [3.8, 4) is 0 Å². The van der Waals surface area contributed by atoms with Gasteiger partial charge < -0.3 is 10.1 Å². The average Bonchev–Trinajstić information content (AvgIpc) is 3.25. The van der Waals surface area contributed by atoms with Gasteiger partial charge in [0.05, 0.1) is 24.1 Å². The third kappa shape index (κ3) is 3.25. The number of nitrogens with one attached hydrogen (secondary N) is 1. The summed E-state index contributed by atoms with van der Waals surface area (Å²) in [6.45, 7) is 3.28. The first-order valence-corrected chi connectivity index (χ1v) is 8.50. The van der Waals surface area contributed by atoms with Gasteiger partial charge in [-0.1, -0.05) is 30.3 Å². The summed E-state index contributed by atoms with van der Waals surface area (Å²) < 4.78 is 7.31. The molecule has 1 atom stereocenters. The van der Waals surface area contributed by atoms with E-state index in [1.54, 1.807) is 6.20 Å². The van der Waals surface area contributed by atoms with Gasteiger partial charge in [-0.2, -0.15) is 5.10 Å². The summed E-state index contributed by atoms with van der Waals surface area (Å²) in [4.78, 5) is 16.7. The van der Waals surface area contributed by atoms with E-state index in [1.165, 1.54) is 5.56 Å². The van der Waals surface area contributed by atoms with E-state index in [0.717, 1.165) is 29.6 Å². The molecular formula is C19H20N4O2. The molecule has 1 saturated heterocycles. The predicted molar refractivity (Wildman–Crippen MR) is 95.4 cm³/mol. The van der Waals surface area contributed by atoms with Crippen LogP contribution in [0.3, 0.4) is 0 Å². The molecule has 0 aliphatic carbocycles. The van der Waals surface area contributed by atoms with Crippen LogP contribution in [0.2, 0.25) is 0 Å². The minimum Gasteiger partial charge on any atom is -0.368 e. The Morgan fingerprint density at radius 1 is 1.36 bits per heavy atom. The zero-order valence-corrected chi connectivity index (χ0v) is 14.1. The van der Waals surface area contributed by atoms with Crippen molar-refractivity contribution in [2.45, 2.75) is 32.4 Å². The molecule has 0 spiro atoms.